The Hall–Kier alpha value is -2.53. The predicted molar refractivity (Wildman–Crippen MR) is 96.9 cm³/mol. The number of benzene rings is 1. The van der Waals surface area contributed by atoms with Gasteiger partial charge in [-0.3, -0.25) is 4.79 Å². The van der Waals surface area contributed by atoms with Gasteiger partial charge in [-0.2, -0.15) is 0 Å². The zero-order valence-corrected chi connectivity index (χ0v) is 13.8. The normalized spacial score (nSPS) is 14.3. The van der Waals surface area contributed by atoms with E-state index in [0.717, 1.165) is 29.9 Å². The fourth-order valence-electron chi connectivity index (χ4n) is 3.19. The first-order valence-electron chi connectivity index (χ1n) is 8.00. The van der Waals surface area contributed by atoms with Crippen LogP contribution < -0.4 is 10.2 Å². The van der Waals surface area contributed by atoms with Gasteiger partial charge in [0.05, 0.1) is 16.9 Å². The molecule has 5 nitrogen and oxygen atoms in total. The molecule has 0 radical (unpaired) electrons. The lowest BCUT2D eigenvalue weighted by atomic mass is 10.1. The molecule has 3 heterocycles. The van der Waals surface area contributed by atoms with E-state index in [1.165, 1.54) is 12.8 Å². The second-order valence-corrected chi connectivity index (χ2v) is 6.34. The number of carbonyl (C=O) groups is 1. The lowest BCUT2D eigenvalue weighted by molar-refractivity contribution is 0.102. The number of nitrogens with one attached hydrogen (secondary N) is 2. The second-order valence-electron chi connectivity index (χ2n) is 5.91. The van der Waals surface area contributed by atoms with Crippen LogP contribution in [0.4, 0.5) is 11.4 Å². The number of aromatic amines is 1. The number of fused-ring (bicyclic) bond motifs is 1. The minimum absolute atomic E-state index is 0.162. The van der Waals surface area contributed by atoms with E-state index in [4.69, 9.17) is 11.6 Å². The minimum Gasteiger partial charge on any atom is -0.370 e. The van der Waals surface area contributed by atoms with Crippen molar-refractivity contribution in [1.29, 1.82) is 0 Å². The maximum Gasteiger partial charge on any atom is 0.256 e. The van der Waals surface area contributed by atoms with E-state index in [2.05, 4.69) is 20.2 Å². The van der Waals surface area contributed by atoms with Gasteiger partial charge in [0.25, 0.3) is 5.91 Å². The maximum atomic E-state index is 12.8. The molecule has 0 saturated carbocycles. The van der Waals surface area contributed by atoms with E-state index in [-0.39, 0.29) is 5.91 Å². The molecule has 1 fully saturated rings. The quantitative estimate of drug-likeness (QED) is 0.755. The second kappa shape index (κ2) is 6.17. The summed E-state index contributed by atoms with van der Waals surface area (Å²) in [6.07, 6.45) is 5.76. The van der Waals surface area contributed by atoms with Crippen LogP contribution in [-0.2, 0) is 0 Å². The SMILES string of the molecule is O=C(Nc1cc(Cl)ccc1N1CCCC1)c1ccnc2[nH]ccc12. The molecule has 0 bridgehead atoms. The number of hydrogen-bond donors (Lipinski definition) is 2. The number of halogens is 1. The third-order valence-electron chi connectivity index (χ3n) is 4.36. The highest BCUT2D eigenvalue weighted by Gasteiger charge is 2.19. The van der Waals surface area contributed by atoms with Gasteiger partial charge in [0.2, 0.25) is 0 Å². The van der Waals surface area contributed by atoms with Crippen molar-refractivity contribution < 1.29 is 4.79 Å². The number of anilines is 2. The molecule has 1 amide bonds. The van der Waals surface area contributed by atoms with Gasteiger partial charge in [-0.25, -0.2) is 4.98 Å². The summed E-state index contributed by atoms with van der Waals surface area (Å²) < 4.78 is 0. The van der Waals surface area contributed by atoms with Crippen molar-refractivity contribution in [1.82, 2.24) is 9.97 Å². The van der Waals surface area contributed by atoms with Crippen LogP contribution in [0, 0.1) is 0 Å². The Kier molecular flexibility index (Phi) is 3.86. The molecule has 2 N–H and O–H groups in total. The van der Waals surface area contributed by atoms with E-state index in [1.54, 1.807) is 18.5 Å². The molecule has 3 aromatic rings. The topological polar surface area (TPSA) is 61.0 Å². The standard InChI is InChI=1S/C18H17ClN4O/c19-12-3-4-16(23-9-1-2-10-23)15(11-12)22-18(24)14-6-8-21-17-13(14)5-7-20-17/h3-8,11H,1-2,9-10H2,(H,20,21)(H,22,24). The number of pyridine rings is 1. The van der Waals surface area contributed by atoms with Gasteiger partial charge in [-0.05, 0) is 43.2 Å². The number of carbonyl (C=O) groups excluding carboxylic acids is 1. The lowest BCUT2D eigenvalue weighted by Crippen LogP contribution is -2.21. The first-order valence-corrected chi connectivity index (χ1v) is 8.38. The Labute approximate surface area is 144 Å². The van der Waals surface area contributed by atoms with Crippen LogP contribution in [0.2, 0.25) is 5.02 Å². The van der Waals surface area contributed by atoms with Gasteiger partial charge in [-0.1, -0.05) is 11.6 Å². The molecule has 4 rings (SSSR count). The summed E-state index contributed by atoms with van der Waals surface area (Å²) in [4.78, 5) is 22.3. The molecular formula is C18H17ClN4O. The molecule has 24 heavy (non-hydrogen) atoms. The van der Waals surface area contributed by atoms with E-state index in [9.17, 15) is 4.79 Å². The molecule has 1 aliphatic rings. The Morgan fingerprint density at radius 3 is 2.88 bits per heavy atom. The average molecular weight is 341 g/mol. The lowest BCUT2D eigenvalue weighted by Gasteiger charge is -2.22. The number of H-pyrrole nitrogens is 1. The number of aromatic nitrogens is 2. The number of hydrogen-bond acceptors (Lipinski definition) is 3. The van der Waals surface area contributed by atoms with Crippen molar-refractivity contribution in [3.05, 3.63) is 53.3 Å². The van der Waals surface area contributed by atoms with Gasteiger partial charge in [0.1, 0.15) is 5.65 Å². The summed E-state index contributed by atoms with van der Waals surface area (Å²) in [6, 6.07) is 9.23. The molecule has 2 aromatic heterocycles. The van der Waals surface area contributed by atoms with E-state index < -0.39 is 0 Å². The Balaban J connectivity index is 1.68. The average Bonchev–Trinajstić information content (AvgIpc) is 3.26. The molecule has 122 valence electrons. The van der Waals surface area contributed by atoms with Crippen molar-refractivity contribution in [2.75, 3.05) is 23.3 Å². The molecule has 0 spiro atoms. The van der Waals surface area contributed by atoms with Gasteiger partial charge < -0.3 is 15.2 Å². The van der Waals surface area contributed by atoms with Crippen LogP contribution in [0.1, 0.15) is 23.2 Å². The van der Waals surface area contributed by atoms with Crippen molar-refractivity contribution in [3.63, 3.8) is 0 Å². The van der Waals surface area contributed by atoms with Crippen LogP contribution in [-0.4, -0.2) is 29.0 Å². The van der Waals surface area contributed by atoms with Crippen molar-refractivity contribution in [2.24, 2.45) is 0 Å². The molecular weight excluding hydrogens is 324 g/mol. The molecule has 6 heteroatoms. The molecule has 0 unspecified atom stereocenters. The largest absolute Gasteiger partial charge is 0.370 e. The highest BCUT2D eigenvalue weighted by molar-refractivity contribution is 6.31. The zero-order chi connectivity index (χ0) is 16.5. The van der Waals surface area contributed by atoms with Crippen molar-refractivity contribution in [2.45, 2.75) is 12.8 Å². The van der Waals surface area contributed by atoms with Crippen LogP contribution in [0.5, 0.6) is 0 Å². The minimum atomic E-state index is -0.162. The van der Waals surface area contributed by atoms with E-state index in [0.29, 0.717) is 16.2 Å². The number of amides is 1. The fourth-order valence-corrected chi connectivity index (χ4v) is 3.36. The zero-order valence-electron chi connectivity index (χ0n) is 13.1. The van der Waals surface area contributed by atoms with Gasteiger partial charge >= 0.3 is 0 Å². The monoisotopic (exact) mass is 340 g/mol. The first-order chi connectivity index (χ1) is 11.7. The third-order valence-corrected chi connectivity index (χ3v) is 4.59. The Morgan fingerprint density at radius 1 is 1.21 bits per heavy atom. The summed E-state index contributed by atoms with van der Waals surface area (Å²) >= 11 is 6.15. The van der Waals surface area contributed by atoms with Crippen LogP contribution >= 0.6 is 11.6 Å². The summed E-state index contributed by atoms with van der Waals surface area (Å²) in [5.41, 5.74) is 3.06. The Morgan fingerprint density at radius 2 is 2.04 bits per heavy atom. The van der Waals surface area contributed by atoms with Crippen LogP contribution in [0.25, 0.3) is 11.0 Å². The van der Waals surface area contributed by atoms with Crippen molar-refractivity contribution in [3.8, 4) is 0 Å². The van der Waals surface area contributed by atoms with E-state index in [1.807, 2.05) is 24.3 Å². The summed E-state index contributed by atoms with van der Waals surface area (Å²) in [5, 5.41) is 4.43. The highest BCUT2D eigenvalue weighted by Crippen LogP contribution is 2.32. The fraction of sp³-hybridized carbons (Fsp3) is 0.222. The smallest absolute Gasteiger partial charge is 0.256 e. The summed E-state index contributed by atoms with van der Waals surface area (Å²) in [6.45, 7) is 2.00. The molecule has 1 aromatic carbocycles. The maximum absolute atomic E-state index is 12.8. The third kappa shape index (κ3) is 2.71. The van der Waals surface area contributed by atoms with E-state index >= 15 is 0 Å². The Bertz CT molecular complexity index is 899. The summed E-state index contributed by atoms with van der Waals surface area (Å²) in [7, 11) is 0. The first kappa shape index (κ1) is 15.0. The van der Waals surface area contributed by atoms with Crippen LogP contribution in [0.3, 0.4) is 0 Å². The molecule has 0 aliphatic carbocycles. The van der Waals surface area contributed by atoms with Crippen LogP contribution in [0.15, 0.2) is 42.7 Å². The molecule has 0 atom stereocenters. The van der Waals surface area contributed by atoms with Gasteiger partial charge in [-0.15, -0.1) is 0 Å². The predicted octanol–water partition coefficient (Wildman–Crippen LogP) is 4.07. The summed E-state index contributed by atoms with van der Waals surface area (Å²) in [5.74, 6) is -0.162. The molecule has 1 aliphatic heterocycles. The highest BCUT2D eigenvalue weighted by atomic mass is 35.5. The van der Waals surface area contributed by atoms with Crippen molar-refractivity contribution >= 4 is 39.9 Å². The molecule has 1 saturated heterocycles. The number of nitrogens with zero attached hydrogens (tertiary/aromatic N) is 2. The number of rotatable bonds is 3. The van der Waals surface area contributed by atoms with Gasteiger partial charge in [0.15, 0.2) is 0 Å². The van der Waals surface area contributed by atoms with Gasteiger partial charge in [0, 0.05) is 35.9 Å².